The van der Waals surface area contributed by atoms with Gasteiger partial charge in [-0.1, -0.05) is 12.2 Å². The lowest BCUT2D eigenvalue weighted by molar-refractivity contribution is -0.152. The normalized spacial score (nSPS) is 25.1. The van der Waals surface area contributed by atoms with Crippen molar-refractivity contribution in [3.8, 4) is 0 Å². The number of hydrogen-bond donors (Lipinski definition) is 3. The molecule has 1 amide bonds. The van der Waals surface area contributed by atoms with E-state index < -0.39 is 17.6 Å². The van der Waals surface area contributed by atoms with Gasteiger partial charge in [0.2, 0.25) is 0 Å². The Morgan fingerprint density at radius 1 is 1.29 bits per heavy atom. The van der Waals surface area contributed by atoms with Gasteiger partial charge in [0, 0.05) is 13.1 Å². The molecule has 4 N–H and O–H groups in total. The number of nitrogens with zero attached hydrogens (tertiary/aromatic N) is 1. The Kier molecular flexibility index (Phi) is 4.51. The van der Waals surface area contributed by atoms with Crippen LogP contribution in [0.2, 0.25) is 0 Å². The third-order valence-corrected chi connectivity index (χ3v) is 3.13. The molecule has 0 spiro atoms. The van der Waals surface area contributed by atoms with Crippen molar-refractivity contribution in [2.75, 3.05) is 13.1 Å². The van der Waals surface area contributed by atoms with Gasteiger partial charge in [-0.05, 0) is 25.7 Å². The summed E-state index contributed by atoms with van der Waals surface area (Å²) in [6, 6.07) is 0. The average molecular weight is 242 g/mol. The number of nitrogens with two attached hydrogens (primary N) is 1. The molecule has 0 aromatic heterocycles. The van der Waals surface area contributed by atoms with Gasteiger partial charge in [0.05, 0.1) is 0 Å². The second-order valence-corrected chi connectivity index (χ2v) is 4.14. The number of likely N-dealkylation sites (tertiary alicyclic amines) is 1. The number of carbonyl (C=O) groups is 2. The highest BCUT2D eigenvalue weighted by Gasteiger charge is 2.47. The molecule has 1 saturated heterocycles. The molecular weight excluding hydrogens is 224 g/mol. The van der Waals surface area contributed by atoms with Crippen molar-refractivity contribution in [3.05, 3.63) is 12.2 Å². The fourth-order valence-corrected chi connectivity index (χ4v) is 2.21. The van der Waals surface area contributed by atoms with Crippen molar-refractivity contribution in [1.29, 1.82) is 0 Å². The first kappa shape index (κ1) is 13.5. The molecular formula is C11H18N2O4. The van der Waals surface area contributed by atoms with E-state index in [0.717, 1.165) is 11.3 Å². The molecule has 17 heavy (non-hydrogen) atoms. The van der Waals surface area contributed by atoms with Gasteiger partial charge in [-0.2, -0.15) is 0 Å². The molecule has 0 aromatic rings. The van der Waals surface area contributed by atoms with Crippen LogP contribution in [-0.4, -0.2) is 45.8 Å². The number of amides is 1. The Bertz CT molecular complexity index is 329. The highest BCUT2D eigenvalue weighted by Crippen LogP contribution is 2.32. The lowest BCUT2D eigenvalue weighted by Crippen LogP contribution is -2.58. The quantitative estimate of drug-likeness (QED) is 0.635. The molecule has 96 valence electrons. The predicted molar refractivity (Wildman–Crippen MR) is 61.8 cm³/mol. The van der Waals surface area contributed by atoms with Crippen LogP contribution in [-0.2, 0) is 4.79 Å². The maximum atomic E-state index is 11.4. The Balaban J connectivity index is 2.96. The number of carboxylic acids is 1. The zero-order chi connectivity index (χ0) is 12.9. The largest absolute Gasteiger partial charge is 0.479 e. The van der Waals surface area contributed by atoms with Crippen LogP contribution in [0.1, 0.15) is 25.7 Å². The van der Waals surface area contributed by atoms with Crippen LogP contribution in [0.3, 0.4) is 0 Å². The molecule has 1 heterocycles. The summed E-state index contributed by atoms with van der Waals surface area (Å²) in [4.78, 5) is 23.6. The van der Waals surface area contributed by atoms with Crippen LogP contribution in [0.15, 0.2) is 12.2 Å². The summed E-state index contributed by atoms with van der Waals surface area (Å²) >= 11 is 0. The summed E-state index contributed by atoms with van der Waals surface area (Å²) in [6.07, 6.45) is 4.09. The first-order chi connectivity index (χ1) is 8.04. The lowest BCUT2D eigenvalue weighted by Gasteiger charge is -2.41. The molecule has 1 atom stereocenters. The van der Waals surface area contributed by atoms with Crippen molar-refractivity contribution < 1.29 is 19.8 Å². The van der Waals surface area contributed by atoms with Crippen molar-refractivity contribution in [2.24, 2.45) is 5.73 Å². The smallest absolute Gasteiger partial charge is 0.408 e. The van der Waals surface area contributed by atoms with Gasteiger partial charge in [0.1, 0.15) is 5.54 Å². The third kappa shape index (κ3) is 2.76. The standard InChI is InChI=1S/C11H18N2O4/c12-7-3-1-5-11(9(14)15)6-2-4-8-13(11)10(16)17/h1,3H,2,4-8,12H2,(H,14,15)(H,16,17)/b3-1-. The SMILES string of the molecule is NC/C=C\CC1(C(=O)O)CCCCN1C(=O)O. The maximum Gasteiger partial charge on any atom is 0.408 e. The molecule has 1 rings (SSSR count). The minimum Gasteiger partial charge on any atom is -0.479 e. The van der Waals surface area contributed by atoms with Gasteiger partial charge >= 0.3 is 12.1 Å². The Labute approximate surface area is 99.7 Å². The van der Waals surface area contributed by atoms with Gasteiger partial charge in [-0.3, -0.25) is 4.90 Å². The van der Waals surface area contributed by atoms with Crippen molar-refractivity contribution in [2.45, 2.75) is 31.2 Å². The Morgan fingerprint density at radius 3 is 2.53 bits per heavy atom. The number of aliphatic carboxylic acids is 1. The molecule has 6 heteroatoms. The fraction of sp³-hybridized carbons (Fsp3) is 0.636. The summed E-state index contributed by atoms with van der Waals surface area (Å²) in [7, 11) is 0. The molecule has 0 aromatic carbocycles. The summed E-state index contributed by atoms with van der Waals surface area (Å²) in [5.41, 5.74) is 3.97. The van der Waals surface area contributed by atoms with Crippen LogP contribution in [0.4, 0.5) is 4.79 Å². The molecule has 1 aliphatic heterocycles. The minimum atomic E-state index is -1.32. The predicted octanol–water partition coefficient (Wildman–Crippen LogP) is 0.879. The highest BCUT2D eigenvalue weighted by atomic mass is 16.4. The number of carboxylic acid groups (broad SMARTS) is 2. The number of piperidine rings is 1. The van der Waals surface area contributed by atoms with Crippen LogP contribution in [0, 0.1) is 0 Å². The Hall–Kier alpha value is -1.56. The van der Waals surface area contributed by atoms with E-state index in [4.69, 9.17) is 10.8 Å². The molecule has 1 aliphatic rings. The van der Waals surface area contributed by atoms with E-state index in [1.807, 2.05) is 0 Å². The molecule has 1 fully saturated rings. The van der Waals surface area contributed by atoms with Gasteiger partial charge in [-0.25, -0.2) is 9.59 Å². The third-order valence-electron chi connectivity index (χ3n) is 3.13. The van der Waals surface area contributed by atoms with Gasteiger partial charge < -0.3 is 15.9 Å². The maximum absolute atomic E-state index is 11.4. The fourth-order valence-electron chi connectivity index (χ4n) is 2.21. The van der Waals surface area contributed by atoms with E-state index in [-0.39, 0.29) is 13.0 Å². The van der Waals surface area contributed by atoms with E-state index in [1.165, 1.54) is 0 Å². The number of hydrogen-bond acceptors (Lipinski definition) is 3. The van der Waals surface area contributed by atoms with Crippen molar-refractivity contribution in [1.82, 2.24) is 4.90 Å². The second-order valence-electron chi connectivity index (χ2n) is 4.14. The topological polar surface area (TPSA) is 104 Å². The second kappa shape index (κ2) is 5.67. The van der Waals surface area contributed by atoms with Crippen LogP contribution >= 0.6 is 0 Å². The van der Waals surface area contributed by atoms with Gasteiger partial charge in [0.25, 0.3) is 0 Å². The molecule has 1 unspecified atom stereocenters. The van der Waals surface area contributed by atoms with Crippen LogP contribution in [0.25, 0.3) is 0 Å². The zero-order valence-electron chi connectivity index (χ0n) is 9.63. The van der Waals surface area contributed by atoms with Gasteiger partial charge in [-0.15, -0.1) is 0 Å². The van der Waals surface area contributed by atoms with E-state index in [9.17, 15) is 14.7 Å². The number of rotatable bonds is 4. The van der Waals surface area contributed by atoms with Gasteiger partial charge in [0.15, 0.2) is 0 Å². The molecule has 0 radical (unpaired) electrons. The van der Waals surface area contributed by atoms with Crippen LogP contribution in [0.5, 0.6) is 0 Å². The first-order valence-corrected chi connectivity index (χ1v) is 5.63. The molecule has 0 aliphatic carbocycles. The monoisotopic (exact) mass is 242 g/mol. The Morgan fingerprint density at radius 2 is 2.00 bits per heavy atom. The summed E-state index contributed by atoms with van der Waals surface area (Å²) in [5.74, 6) is -1.08. The lowest BCUT2D eigenvalue weighted by atomic mass is 9.83. The van der Waals surface area contributed by atoms with E-state index in [0.29, 0.717) is 19.4 Å². The highest BCUT2D eigenvalue weighted by molar-refractivity contribution is 5.84. The van der Waals surface area contributed by atoms with E-state index in [1.54, 1.807) is 12.2 Å². The summed E-state index contributed by atoms with van der Waals surface area (Å²) in [5, 5.41) is 18.4. The average Bonchev–Trinajstić information content (AvgIpc) is 2.29. The molecule has 0 bridgehead atoms. The van der Waals surface area contributed by atoms with Crippen molar-refractivity contribution >= 4 is 12.1 Å². The first-order valence-electron chi connectivity index (χ1n) is 5.63. The van der Waals surface area contributed by atoms with E-state index >= 15 is 0 Å². The molecule has 0 saturated carbocycles. The van der Waals surface area contributed by atoms with Crippen molar-refractivity contribution in [3.63, 3.8) is 0 Å². The van der Waals surface area contributed by atoms with Crippen LogP contribution < -0.4 is 5.73 Å². The molecule has 6 nitrogen and oxygen atoms in total. The summed E-state index contributed by atoms with van der Waals surface area (Å²) < 4.78 is 0. The summed E-state index contributed by atoms with van der Waals surface area (Å²) in [6.45, 7) is 0.598. The van der Waals surface area contributed by atoms with E-state index in [2.05, 4.69) is 0 Å². The zero-order valence-corrected chi connectivity index (χ0v) is 9.63. The minimum absolute atomic E-state index is 0.172.